The van der Waals surface area contributed by atoms with E-state index >= 15 is 0 Å². The second-order valence-electron chi connectivity index (χ2n) is 3.35. The summed E-state index contributed by atoms with van der Waals surface area (Å²) in [5, 5.41) is 2.18. The molecular formula is C9H17NO5S. The minimum Gasteiger partial charge on any atom is -0.382 e. The van der Waals surface area contributed by atoms with Gasteiger partial charge in [-0.3, -0.25) is 8.98 Å². The van der Waals surface area contributed by atoms with E-state index in [9.17, 15) is 13.2 Å². The van der Waals surface area contributed by atoms with Crippen molar-refractivity contribution < 1.29 is 22.1 Å². The summed E-state index contributed by atoms with van der Waals surface area (Å²) < 4.78 is 32.1. The Morgan fingerprint density at radius 2 is 2.06 bits per heavy atom. The molecule has 0 saturated heterocycles. The molecule has 0 spiro atoms. The van der Waals surface area contributed by atoms with Crippen LogP contribution in [0.5, 0.6) is 0 Å². The van der Waals surface area contributed by atoms with Crippen molar-refractivity contribution >= 4 is 16.0 Å². The highest BCUT2D eigenvalue weighted by molar-refractivity contribution is 7.86. The number of nitrogens with one attached hydrogen (secondary N) is 1. The first-order valence-electron chi connectivity index (χ1n) is 4.62. The van der Waals surface area contributed by atoms with Gasteiger partial charge in [0.25, 0.3) is 10.1 Å². The van der Waals surface area contributed by atoms with Gasteiger partial charge in [0.1, 0.15) is 5.88 Å². The Hall–Kier alpha value is -0.920. The van der Waals surface area contributed by atoms with E-state index in [1.807, 2.05) is 0 Å². The largest absolute Gasteiger partial charge is 0.382 e. The maximum absolute atomic E-state index is 11.3. The lowest BCUT2D eigenvalue weighted by atomic mass is 10.3. The molecule has 0 bridgehead atoms. The summed E-state index contributed by atoms with van der Waals surface area (Å²) >= 11 is 0. The van der Waals surface area contributed by atoms with Gasteiger partial charge in [-0.2, -0.15) is 8.42 Å². The summed E-state index contributed by atoms with van der Waals surface area (Å²) in [7, 11) is -2.34. The van der Waals surface area contributed by atoms with Gasteiger partial charge in [0.15, 0.2) is 0 Å². The van der Waals surface area contributed by atoms with Crippen molar-refractivity contribution in [1.29, 1.82) is 0 Å². The summed E-state index contributed by atoms with van der Waals surface area (Å²) in [6, 6.07) is 0. The van der Waals surface area contributed by atoms with Crippen LogP contribution in [-0.4, -0.2) is 40.0 Å². The van der Waals surface area contributed by atoms with Crippen LogP contribution in [0.1, 0.15) is 13.8 Å². The van der Waals surface area contributed by atoms with Crippen molar-refractivity contribution in [3.8, 4) is 0 Å². The zero-order valence-electron chi connectivity index (χ0n) is 9.65. The van der Waals surface area contributed by atoms with Crippen molar-refractivity contribution in [2.45, 2.75) is 20.0 Å². The highest BCUT2D eigenvalue weighted by atomic mass is 32.2. The lowest BCUT2D eigenvalue weighted by molar-refractivity contribution is -0.117. The Bertz CT molecular complexity index is 349. The Labute approximate surface area is 95.7 Å². The summed E-state index contributed by atoms with van der Waals surface area (Å²) in [5.74, 6) is -1.10. The van der Waals surface area contributed by atoms with Crippen molar-refractivity contribution in [3.63, 3.8) is 0 Å². The van der Waals surface area contributed by atoms with Crippen LogP contribution in [0.3, 0.4) is 0 Å². The molecule has 1 unspecified atom stereocenters. The molecule has 0 aromatic rings. The van der Waals surface area contributed by atoms with Crippen LogP contribution in [0.4, 0.5) is 0 Å². The molecule has 1 N–H and O–H groups in total. The van der Waals surface area contributed by atoms with Gasteiger partial charge in [0.2, 0.25) is 5.91 Å². The number of ether oxygens (including phenoxy) is 1. The van der Waals surface area contributed by atoms with Crippen LogP contribution in [0.15, 0.2) is 12.2 Å². The van der Waals surface area contributed by atoms with Gasteiger partial charge in [-0.15, -0.1) is 0 Å². The SMILES string of the molecule is C=C(C)C(=O)NCS(=O)(=O)OC(C)COC. The van der Waals surface area contributed by atoms with Crippen molar-refractivity contribution in [3.05, 3.63) is 12.2 Å². The van der Waals surface area contributed by atoms with Crippen LogP contribution in [0.25, 0.3) is 0 Å². The zero-order chi connectivity index (χ0) is 12.8. The fourth-order valence-electron chi connectivity index (χ4n) is 0.852. The van der Waals surface area contributed by atoms with Crippen LogP contribution >= 0.6 is 0 Å². The molecule has 0 aliphatic rings. The molecule has 0 radical (unpaired) electrons. The van der Waals surface area contributed by atoms with Gasteiger partial charge in [-0.25, -0.2) is 0 Å². The van der Waals surface area contributed by atoms with Gasteiger partial charge in [-0.05, 0) is 13.8 Å². The van der Waals surface area contributed by atoms with Crippen LogP contribution in [0, 0.1) is 0 Å². The molecule has 0 aromatic carbocycles. The zero-order valence-corrected chi connectivity index (χ0v) is 10.5. The summed E-state index contributed by atoms with van der Waals surface area (Å²) in [5.41, 5.74) is 0.236. The van der Waals surface area contributed by atoms with E-state index in [1.54, 1.807) is 6.92 Å². The van der Waals surface area contributed by atoms with E-state index in [0.717, 1.165) is 0 Å². The minimum atomic E-state index is -3.78. The number of hydrogen-bond donors (Lipinski definition) is 1. The van der Waals surface area contributed by atoms with Gasteiger partial charge in [0.05, 0.1) is 12.7 Å². The Kier molecular flexibility index (Phi) is 6.24. The van der Waals surface area contributed by atoms with Gasteiger partial charge < -0.3 is 10.1 Å². The smallest absolute Gasteiger partial charge is 0.286 e. The van der Waals surface area contributed by atoms with Crippen LogP contribution in [-0.2, 0) is 23.8 Å². The minimum absolute atomic E-state index is 0.160. The van der Waals surface area contributed by atoms with Gasteiger partial charge in [-0.1, -0.05) is 6.58 Å². The molecule has 0 aliphatic carbocycles. The first-order chi connectivity index (χ1) is 7.28. The topological polar surface area (TPSA) is 81.7 Å². The fraction of sp³-hybridized carbons (Fsp3) is 0.667. The molecule has 0 rings (SSSR count). The van der Waals surface area contributed by atoms with Crippen LogP contribution in [0.2, 0.25) is 0 Å². The Balaban J connectivity index is 4.16. The van der Waals surface area contributed by atoms with Gasteiger partial charge >= 0.3 is 0 Å². The van der Waals surface area contributed by atoms with E-state index in [2.05, 4.69) is 11.9 Å². The molecule has 1 atom stereocenters. The quantitative estimate of drug-likeness (QED) is 0.509. The number of hydrogen-bond acceptors (Lipinski definition) is 5. The molecule has 7 heteroatoms. The average Bonchev–Trinajstić information content (AvgIpc) is 2.13. The molecule has 16 heavy (non-hydrogen) atoms. The third-order valence-electron chi connectivity index (χ3n) is 1.51. The predicted molar refractivity (Wildman–Crippen MR) is 59.2 cm³/mol. The maximum atomic E-state index is 11.3. The molecular weight excluding hydrogens is 234 g/mol. The molecule has 0 aliphatic heterocycles. The van der Waals surface area contributed by atoms with E-state index in [4.69, 9.17) is 8.92 Å². The third kappa shape index (κ3) is 6.54. The van der Waals surface area contributed by atoms with Gasteiger partial charge in [0, 0.05) is 12.7 Å². The summed E-state index contributed by atoms with van der Waals surface area (Å²) in [6.07, 6.45) is -0.586. The molecule has 1 amide bonds. The number of rotatable bonds is 7. The second kappa shape index (κ2) is 6.62. The third-order valence-corrected chi connectivity index (χ3v) is 2.63. The highest BCUT2D eigenvalue weighted by Gasteiger charge is 2.17. The van der Waals surface area contributed by atoms with E-state index in [1.165, 1.54) is 14.0 Å². The van der Waals surface area contributed by atoms with E-state index < -0.39 is 28.0 Å². The number of carbonyl (C=O) groups is 1. The normalized spacial score (nSPS) is 13.2. The molecule has 0 fully saturated rings. The highest BCUT2D eigenvalue weighted by Crippen LogP contribution is 2.00. The number of methoxy groups -OCH3 is 1. The summed E-state index contributed by atoms with van der Waals surface area (Å²) in [6.45, 7) is 6.58. The maximum Gasteiger partial charge on any atom is 0.286 e. The predicted octanol–water partition coefficient (Wildman–Crippen LogP) is 0.0175. The second-order valence-corrected chi connectivity index (χ2v) is 4.95. The van der Waals surface area contributed by atoms with E-state index in [-0.39, 0.29) is 12.2 Å². The lowest BCUT2D eigenvalue weighted by Gasteiger charge is -2.12. The van der Waals surface area contributed by atoms with Crippen molar-refractivity contribution in [2.24, 2.45) is 0 Å². The number of carbonyl (C=O) groups excluding carboxylic acids is 1. The van der Waals surface area contributed by atoms with E-state index in [0.29, 0.717) is 0 Å². The molecule has 0 aromatic heterocycles. The fourth-order valence-corrected chi connectivity index (χ4v) is 1.78. The standard InChI is InChI=1S/C9H17NO5S/c1-7(2)9(11)10-6-16(12,13)15-8(3)5-14-4/h8H,1,5-6H2,2-4H3,(H,10,11). The van der Waals surface area contributed by atoms with Crippen molar-refractivity contribution in [1.82, 2.24) is 5.32 Å². The molecule has 6 nitrogen and oxygen atoms in total. The molecule has 94 valence electrons. The van der Waals surface area contributed by atoms with Crippen molar-refractivity contribution in [2.75, 3.05) is 19.6 Å². The first kappa shape index (κ1) is 15.1. The molecule has 0 heterocycles. The average molecular weight is 251 g/mol. The monoisotopic (exact) mass is 251 g/mol. The first-order valence-corrected chi connectivity index (χ1v) is 6.20. The lowest BCUT2D eigenvalue weighted by Crippen LogP contribution is -2.33. The Morgan fingerprint density at radius 1 is 1.50 bits per heavy atom. The number of amides is 1. The van der Waals surface area contributed by atoms with Crippen LogP contribution < -0.4 is 5.32 Å². The molecule has 0 saturated carbocycles. The Morgan fingerprint density at radius 3 is 2.50 bits per heavy atom. The summed E-state index contributed by atoms with van der Waals surface area (Å²) in [4.78, 5) is 11.0.